The Morgan fingerprint density at radius 2 is 2.05 bits per heavy atom. The van der Waals surface area contributed by atoms with E-state index in [2.05, 4.69) is 41.2 Å². The number of ether oxygens (including phenoxy) is 2. The number of methoxy groups -OCH3 is 1. The van der Waals surface area contributed by atoms with Crippen molar-refractivity contribution in [2.45, 2.75) is 32.9 Å². The van der Waals surface area contributed by atoms with Crippen LogP contribution in [0.2, 0.25) is 0 Å². The first kappa shape index (κ1) is 18.7. The molecule has 0 aliphatic heterocycles. The lowest BCUT2D eigenvalue weighted by molar-refractivity contribution is 0.0770. The maximum atomic E-state index is 5.49. The molecule has 0 unspecified atom stereocenters. The third kappa shape index (κ3) is 7.78. The summed E-state index contributed by atoms with van der Waals surface area (Å²) in [5.41, 5.74) is 1.16. The van der Waals surface area contributed by atoms with Gasteiger partial charge in [-0.1, -0.05) is 15.9 Å². The van der Waals surface area contributed by atoms with Crippen LogP contribution in [-0.4, -0.2) is 26.4 Å². The Morgan fingerprint density at radius 3 is 2.68 bits per heavy atom. The molecule has 1 rings (SSSR count). The molecule has 0 atom stereocenters. The van der Waals surface area contributed by atoms with Crippen LogP contribution in [0, 0.1) is 0 Å². The molecule has 19 heavy (non-hydrogen) atoms. The molecule has 0 amide bonds. The zero-order valence-corrected chi connectivity index (χ0v) is 14.1. The number of hydrogen-bond acceptors (Lipinski definition) is 3. The van der Waals surface area contributed by atoms with Crippen LogP contribution in [-0.2, 0) is 11.3 Å². The second kappa shape index (κ2) is 10.5. The summed E-state index contributed by atoms with van der Waals surface area (Å²) in [6.07, 6.45) is 1.34. The fourth-order valence-corrected chi connectivity index (χ4v) is 2.03. The highest BCUT2D eigenvalue weighted by Gasteiger charge is 2.03. The normalized spacial score (nSPS) is 10.4. The molecule has 0 saturated heterocycles. The molecule has 0 bridgehead atoms. The molecule has 3 nitrogen and oxygen atoms in total. The van der Waals surface area contributed by atoms with Gasteiger partial charge in [-0.3, -0.25) is 0 Å². The van der Waals surface area contributed by atoms with Crippen molar-refractivity contribution in [1.82, 2.24) is 5.32 Å². The van der Waals surface area contributed by atoms with Crippen LogP contribution in [0.3, 0.4) is 0 Å². The fourth-order valence-electron chi connectivity index (χ4n) is 1.62. The average Bonchev–Trinajstić information content (AvgIpc) is 2.33. The number of halogens is 2. The highest BCUT2D eigenvalue weighted by Crippen LogP contribution is 2.22. The van der Waals surface area contributed by atoms with Crippen LogP contribution in [0.25, 0.3) is 0 Å². The Morgan fingerprint density at radius 1 is 1.32 bits per heavy atom. The van der Waals surface area contributed by atoms with Gasteiger partial charge in [-0.15, -0.1) is 12.4 Å². The van der Waals surface area contributed by atoms with Gasteiger partial charge in [0.15, 0.2) is 0 Å². The molecule has 0 spiro atoms. The van der Waals surface area contributed by atoms with Crippen molar-refractivity contribution in [3.63, 3.8) is 0 Å². The first-order valence-electron chi connectivity index (χ1n) is 6.28. The number of benzene rings is 1. The van der Waals surface area contributed by atoms with Gasteiger partial charge in [0, 0.05) is 23.2 Å². The molecule has 1 N–H and O–H groups in total. The average molecular weight is 353 g/mol. The van der Waals surface area contributed by atoms with Gasteiger partial charge in [0.05, 0.1) is 13.2 Å². The van der Waals surface area contributed by atoms with E-state index in [1.54, 1.807) is 7.11 Å². The van der Waals surface area contributed by atoms with Crippen molar-refractivity contribution in [3.05, 3.63) is 28.2 Å². The third-order valence-corrected chi connectivity index (χ3v) is 3.00. The van der Waals surface area contributed by atoms with E-state index in [0.717, 1.165) is 41.9 Å². The Kier molecular flexibility index (Phi) is 10.3. The van der Waals surface area contributed by atoms with Gasteiger partial charge < -0.3 is 14.8 Å². The van der Waals surface area contributed by atoms with E-state index in [4.69, 9.17) is 9.47 Å². The molecular weight excluding hydrogens is 330 g/mol. The first-order valence-corrected chi connectivity index (χ1v) is 7.07. The van der Waals surface area contributed by atoms with E-state index in [-0.39, 0.29) is 12.4 Å². The van der Waals surface area contributed by atoms with Crippen molar-refractivity contribution in [2.75, 3.05) is 20.3 Å². The van der Waals surface area contributed by atoms with Crippen LogP contribution in [0.1, 0.15) is 25.8 Å². The molecule has 1 aromatic rings. The van der Waals surface area contributed by atoms with Crippen molar-refractivity contribution in [1.29, 1.82) is 0 Å². The molecule has 1 aromatic carbocycles. The van der Waals surface area contributed by atoms with Gasteiger partial charge in [-0.2, -0.15) is 0 Å². The van der Waals surface area contributed by atoms with Crippen molar-refractivity contribution in [3.8, 4) is 5.75 Å². The quantitative estimate of drug-likeness (QED) is 0.722. The minimum Gasteiger partial charge on any atom is -0.496 e. The van der Waals surface area contributed by atoms with Crippen LogP contribution >= 0.6 is 28.3 Å². The lowest BCUT2D eigenvalue weighted by atomic mass is 10.2. The van der Waals surface area contributed by atoms with Crippen molar-refractivity contribution in [2.24, 2.45) is 0 Å². The SMILES string of the molecule is COc1ccc(Br)cc1CNCCCOC(C)C.Cl. The van der Waals surface area contributed by atoms with Crippen LogP contribution in [0.4, 0.5) is 0 Å². The van der Waals surface area contributed by atoms with Gasteiger partial charge in [-0.05, 0) is 45.0 Å². The smallest absolute Gasteiger partial charge is 0.123 e. The molecule has 110 valence electrons. The molecule has 0 radical (unpaired) electrons. The van der Waals surface area contributed by atoms with E-state index in [0.29, 0.717) is 6.10 Å². The summed E-state index contributed by atoms with van der Waals surface area (Å²) in [7, 11) is 1.70. The second-order valence-electron chi connectivity index (χ2n) is 4.41. The highest BCUT2D eigenvalue weighted by atomic mass is 79.9. The van der Waals surface area contributed by atoms with Crippen LogP contribution in [0.15, 0.2) is 22.7 Å². The number of nitrogens with one attached hydrogen (secondary N) is 1. The first-order chi connectivity index (χ1) is 8.63. The Hall–Kier alpha value is -0.290. The van der Waals surface area contributed by atoms with Crippen molar-refractivity contribution >= 4 is 28.3 Å². The fraction of sp³-hybridized carbons (Fsp3) is 0.571. The molecule has 0 saturated carbocycles. The predicted molar refractivity (Wildman–Crippen MR) is 85.4 cm³/mol. The van der Waals surface area contributed by atoms with Gasteiger partial charge >= 0.3 is 0 Å². The van der Waals surface area contributed by atoms with E-state index in [9.17, 15) is 0 Å². The van der Waals surface area contributed by atoms with E-state index >= 15 is 0 Å². The minimum atomic E-state index is 0. The summed E-state index contributed by atoms with van der Waals surface area (Å²) in [6, 6.07) is 6.04. The molecule has 5 heteroatoms. The topological polar surface area (TPSA) is 30.5 Å². The molecular formula is C14H23BrClNO2. The van der Waals surface area contributed by atoms with Gasteiger partial charge in [0.1, 0.15) is 5.75 Å². The minimum absolute atomic E-state index is 0. The molecule has 0 aliphatic rings. The van der Waals surface area contributed by atoms with Gasteiger partial charge in [0.25, 0.3) is 0 Å². The summed E-state index contributed by atoms with van der Waals surface area (Å²) in [5.74, 6) is 0.920. The third-order valence-electron chi connectivity index (χ3n) is 2.51. The summed E-state index contributed by atoms with van der Waals surface area (Å²) in [5, 5.41) is 3.40. The maximum Gasteiger partial charge on any atom is 0.123 e. The largest absolute Gasteiger partial charge is 0.496 e. The predicted octanol–water partition coefficient (Wildman–Crippen LogP) is 3.78. The molecule has 0 aliphatic carbocycles. The summed E-state index contributed by atoms with van der Waals surface area (Å²) in [4.78, 5) is 0. The Balaban J connectivity index is 0.00000324. The van der Waals surface area contributed by atoms with Crippen LogP contribution < -0.4 is 10.1 Å². The van der Waals surface area contributed by atoms with Gasteiger partial charge in [-0.25, -0.2) is 0 Å². The highest BCUT2D eigenvalue weighted by molar-refractivity contribution is 9.10. The van der Waals surface area contributed by atoms with E-state index in [1.165, 1.54) is 0 Å². The maximum absolute atomic E-state index is 5.49. The zero-order valence-electron chi connectivity index (χ0n) is 11.7. The van der Waals surface area contributed by atoms with Gasteiger partial charge in [0.2, 0.25) is 0 Å². The monoisotopic (exact) mass is 351 g/mol. The second-order valence-corrected chi connectivity index (χ2v) is 5.32. The van der Waals surface area contributed by atoms with Crippen molar-refractivity contribution < 1.29 is 9.47 Å². The lowest BCUT2D eigenvalue weighted by Gasteiger charge is -2.11. The van der Waals surface area contributed by atoms with E-state index in [1.807, 2.05) is 12.1 Å². The molecule has 0 heterocycles. The molecule has 0 aromatic heterocycles. The Bertz CT molecular complexity index is 361. The van der Waals surface area contributed by atoms with E-state index < -0.39 is 0 Å². The standard InChI is InChI=1S/C14H22BrNO2.ClH/c1-11(2)18-8-4-7-16-10-12-9-13(15)5-6-14(12)17-3;/h5-6,9,11,16H,4,7-8,10H2,1-3H3;1H. The van der Waals surface area contributed by atoms with Crippen LogP contribution in [0.5, 0.6) is 5.75 Å². The molecule has 0 fully saturated rings. The summed E-state index contributed by atoms with van der Waals surface area (Å²) >= 11 is 3.47. The zero-order chi connectivity index (χ0) is 13.4. The Labute approximate surface area is 130 Å². The summed E-state index contributed by atoms with van der Waals surface area (Å²) in [6.45, 7) is 6.67. The lowest BCUT2D eigenvalue weighted by Crippen LogP contribution is -2.17. The number of rotatable bonds is 8. The summed E-state index contributed by atoms with van der Waals surface area (Å²) < 4.78 is 11.9. The number of hydrogen-bond donors (Lipinski definition) is 1.